The fraction of sp³-hybridized carbons (Fsp3) is 1.00. The first-order chi connectivity index (χ1) is 8.28. The lowest BCUT2D eigenvalue weighted by Gasteiger charge is -2.32. The van der Waals surface area contributed by atoms with Gasteiger partial charge in [-0.15, -0.1) is 0 Å². The van der Waals surface area contributed by atoms with Crippen LogP contribution < -0.4 is 0 Å². The lowest BCUT2D eigenvalue weighted by atomic mass is 9.86. The van der Waals surface area contributed by atoms with Crippen molar-refractivity contribution in [2.45, 2.75) is 92.6 Å². The summed E-state index contributed by atoms with van der Waals surface area (Å²) in [5.74, 6) is 0.826. The maximum absolute atomic E-state index is 6.21. The molecule has 18 heavy (non-hydrogen) atoms. The Morgan fingerprint density at radius 1 is 0.944 bits per heavy atom. The maximum atomic E-state index is 6.21. The van der Waals surface area contributed by atoms with Crippen molar-refractivity contribution in [1.82, 2.24) is 0 Å². The van der Waals surface area contributed by atoms with Gasteiger partial charge in [-0.1, -0.05) is 54.4 Å². The van der Waals surface area contributed by atoms with Gasteiger partial charge in [0.2, 0.25) is 0 Å². The summed E-state index contributed by atoms with van der Waals surface area (Å²) in [6, 6.07) is 0. The van der Waals surface area contributed by atoms with E-state index >= 15 is 0 Å². The highest BCUT2D eigenvalue weighted by Crippen LogP contribution is 2.29. The molecule has 0 radical (unpaired) electrons. The molecule has 0 aromatic carbocycles. The highest BCUT2D eigenvalue weighted by molar-refractivity contribution is 4.75. The highest BCUT2D eigenvalue weighted by Gasteiger charge is 2.24. The summed E-state index contributed by atoms with van der Waals surface area (Å²) in [6.07, 6.45) is 7.29. The van der Waals surface area contributed by atoms with E-state index in [2.05, 4.69) is 48.5 Å². The van der Waals surface area contributed by atoms with Crippen LogP contribution in [0.3, 0.4) is 0 Å². The highest BCUT2D eigenvalue weighted by atomic mass is 16.5. The van der Waals surface area contributed by atoms with Crippen molar-refractivity contribution < 1.29 is 4.74 Å². The Labute approximate surface area is 116 Å². The average Bonchev–Trinajstić information content (AvgIpc) is 2.35. The summed E-state index contributed by atoms with van der Waals surface area (Å²) in [7, 11) is 0. The molecular weight excluding hydrogens is 220 g/mol. The van der Waals surface area contributed by atoms with E-state index in [-0.39, 0.29) is 5.60 Å². The van der Waals surface area contributed by atoms with E-state index in [4.69, 9.17) is 4.74 Å². The van der Waals surface area contributed by atoms with Crippen LogP contribution in [0.4, 0.5) is 0 Å². The third-order valence-corrected chi connectivity index (χ3v) is 4.80. The van der Waals surface area contributed by atoms with Gasteiger partial charge in [0.05, 0.1) is 5.60 Å². The third-order valence-electron chi connectivity index (χ3n) is 4.80. The van der Waals surface area contributed by atoms with Crippen LogP contribution in [0.5, 0.6) is 0 Å². The second kappa shape index (κ2) is 8.19. The van der Waals surface area contributed by atoms with Crippen molar-refractivity contribution in [2.75, 3.05) is 6.61 Å². The first-order valence-electron chi connectivity index (χ1n) is 7.92. The Kier molecular flexibility index (Phi) is 8.18. The monoisotopic (exact) mass is 256 g/mol. The largest absolute Gasteiger partial charge is 0.375 e. The lowest BCUT2D eigenvalue weighted by Crippen LogP contribution is -2.30. The number of ether oxygens (including phenoxy) is 1. The van der Waals surface area contributed by atoms with Gasteiger partial charge in [-0.05, 0) is 43.9 Å². The molecule has 0 aliphatic heterocycles. The van der Waals surface area contributed by atoms with Gasteiger partial charge < -0.3 is 4.74 Å². The molecule has 0 aromatic heterocycles. The van der Waals surface area contributed by atoms with Crippen molar-refractivity contribution in [3.63, 3.8) is 0 Å². The van der Waals surface area contributed by atoms with E-state index in [1.54, 1.807) is 0 Å². The topological polar surface area (TPSA) is 9.23 Å². The molecule has 0 bridgehead atoms. The normalized spacial score (nSPS) is 17.5. The van der Waals surface area contributed by atoms with Crippen LogP contribution >= 0.6 is 0 Å². The molecule has 0 spiro atoms. The molecule has 1 nitrogen and oxygen atoms in total. The Bertz CT molecular complexity index is 210. The smallest absolute Gasteiger partial charge is 0.0652 e. The molecule has 0 aromatic rings. The van der Waals surface area contributed by atoms with Gasteiger partial charge in [-0.2, -0.15) is 0 Å². The van der Waals surface area contributed by atoms with E-state index < -0.39 is 0 Å². The lowest BCUT2D eigenvalue weighted by molar-refractivity contribution is -0.0533. The molecule has 2 atom stereocenters. The zero-order valence-electron chi connectivity index (χ0n) is 13.9. The van der Waals surface area contributed by atoms with Gasteiger partial charge in [0.15, 0.2) is 0 Å². The van der Waals surface area contributed by atoms with Crippen LogP contribution in [0, 0.1) is 11.3 Å². The molecule has 0 saturated heterocycles. The standard InChI is InChI=1S/C17H36O/c1-8-15(4)11-12-17(7,10-3)18-14-13-16(5,6)9-2/h15H,8-14H2,1-7H3. The number of rotatable bonds is 10. The zero-order valence-corrected chi connectivity index (χ0v) is 13.9. The Balaban J connectivity index is 4.07. The molecular formula is C17H36O. The van der Waals surface area contributed by atoms with Crippen LogP contribution in [0.1, 0.15) is 87.0 Å². The van der Waals surface area contributed by atoms with Gasteiger partial charge >= 0.3 is 0 Å². The van der Waals surface area contributed by atoms with Crippen LogP contribution in [0.25, 0.3) is 0 Å². The summed E-state index contributed by atoms with van der Waals surface area (Å²) >= 11 is 0. The second-order valence-electron chi connectivity index (χ2n) is 6.97. The van der Waals surface area contributed by atoms with E-state index in [0.717, 1.165) is 18.9 Å². The summed E-state index contributed by atoms with van der Waals surface area (Å²) in [5, 5.41) is 0. The number of hydrogen-bond donors (Lipinski definition) is 0. The molecule has 0 N–H and O–H groups in total. The molecule has 0 fully saturated rings. The fourth-order valence-electron chi connectivity index (χ4n) is 1.86. The minimum absolute atomic E-state index is 0.0905. The summed E-state index contributed by atoms with van der Waals surface area (Å²) < 4.78 is 6.21. The first-order valence-corrected chi connectivity index (χ1v) is 7.92. The third kappa shape index (κ3) is 7.41. The predicted molar refractivity (Wildman–Crippen MR) is 82.0 cm³/mol. The van der Waals surface area contributed by atoms with Crippen molar-refractivity contribution in [2.24, 2.45) is 11.3 Å². The minimum atomic E-state index is 0.0905. The van der Waals surface area contributed by atoms with Crippen LogP contribution in [-0.4, -0.2) is 12.2 Å². The quantitative estimate of drug-likeness (QED) is 0.478. The van der Waals surface area contributed by atoms with E-state index in [9.17, 15) is 0 Å². The Morgan fingerprint density at radius 3 is 2.00 bits per heavy atom. The molecule has 0 amide bonds. The molecule has 0 aliphatic carbocycles. The van der Waals surface area contributed by atoms with E-state index in [1.807, 2.05) is 0 Å². The SMILES string of the molecule is CCC(C)CCC(C)(CC)OCCC(C)(C)CC. The van der Waals surface area contributed by atoms with E-state index in [0.29, 0.717) is 5.41 Å². The van der Waals surface area contributed by atoms with Crippen LogP contribution in [-0.2, 0) is 4.74 Å². The Morgan fingerprint density at radius 2 is 1.56 bits per heavy atom. The summed E-state index contributed by atoms with van der Waals surface area (Å²) in [6.45, 7) is 17.0. The second-order valence-corrected chi connectivity index (χ2v) is 6.97. The van der Waals surface area contributed by atoms with Crippen molar-refractivity contribution in [1.29, 1.82) is 0 Å². The fourth-order valence-corrected chi connectivity index (χ4v) is 1.86. The van der Waals surface area contributed by atoms with Crippen molar-refractivity contribution >= 4 is 0 Å². The predicted octanol–water partition coefficient (Wildman–Crippen LogP) is 5.82. The minimum Gasteiger partial charge on any atom is -0.375 e. The molecule has 0 saturated carbocycles. The summed E-state index contributed by atoms with van der Waals surface area (Å²) in [4.78, 5) is 0. The van der Waals surface area contributed by atoms with Gasteiger partial charge in [-0.3, -0.25) is 0 Å². The van der Waals surface area contributed by atoms with E-state index in [1.165, 1.54) is 32.1 Å². The molecule has 0 rings (SSSR count). The average molecular weight is 256 g/mol. The molecule has 2 unspecified atom stereocenters. The summed E-state index contributed by atoms with van der Waals surface area (Å²) in [5.41, 5.74) is 0.513. The van der Waals surface area contributed by atoms with Gasteiger partial charge in [0.1, 0.15) is 0 Å². The van der Waals surface area contributed by atoms with Gasteiger partial charge in [-0.25, -0.2) is 0 Å². The van der Waals surface area contributed by atoms with Crippen molar-refractivity contribution in [3.05, 3.63) is 0 Å². The first kappa shape index (κ1) is 18.0. The van der Waals surface area contributed by atoms with Crippen LogP contribution in [0.15, 0.2) is 0 Å². The zero-order chi connectivity index (χ0) is 14.2. The molecule has 110 valence electrons. The number of hydrogen-bond acceptors (Lipinski definition) is 1. The van der Waals surface area contributed by atoms with Gasteiger partial charge in [0.25, 0.3) is 0 Å². The molecule has 0 heterocycles. The van der Waals surface area contributed by atoms with Crippen molar-refractivity contribution in [3.8, 4) is 0 Å². The maximum Gasteiger partial charge on any atom is 0.0652 e. The molecule has 1 heteroatoms. The van der Waals surface area contributed by atoms with Crippen LogP contribution in [0.2, 0.25) is 0 Å². The Hall–Kier alpha value is -0.0400. The van der Waals surface area contributed by atoms with Gasteiger partial charge in [0, 0.05) is 6.61 Å². The molecule has 0 aliphatic rings.